The van der Waals surface area contributed by atoms with E-state index >= 15 is 0 Å². The normalized spacial score (nSPS) is 14.8. The van der Waals surface area contributed by atoms with Gasteiger partial charge < -0.3 is 19.9 Å². The van der Waals surface area contributed by atoms with Crippen molar-refractivity contribution in [1.82, 2.24) is 14.8 Å². The first-order valence-electron chi connectivity index (χ1n) is 9.86. The second-order valence-electron chi connectivity index (χ2n) is 7.14. The number of hydrogen-bond acceptors (Lipinski definition) is 3. The van der Waals surface area contributed by atoms with Gasteiger partial charge in [-0.15, -0.1) is 0 Å². The Kier molecular flexibility index (Phi) is 6.34. The van der Waals surface area contributed by atoms with Gasteiger partial charge in [-0.1, -0.05) is 29.8 Å². The molecular weight excluding hydrogens is 388 g/mol. The van der Waals surface area contributed by atoms with E-state index < -0.39 is 0 Å². The fourth-order valence-corrected chi connectivity index (χ4v) is 3.74. The highest BCUT2D eigenvalue weighted by molar-refractivity contribution is 6.31. The molecule has 6 nitrogen and oxygen atoms in total. The van der Waals surface area contributed by atoms with Gasteiger partial charge in [0.2, 0.25) is 0 Å². The van der Waals surface area contributed by atoms with Gasteiger partial charge in [0.25, 0.3) is 0 Å². The van der Waals surface area contributed by atoms with E-state index in [0.717, 1.165) is 56.0 Å². The van der Waals surface area contributed by atoms with Gasteiger partial charge in [-0.25, -0.2) is 4.79 Å². The Morgan fingerprint density at radius 3 is 2.72 bits per heavy atom. The summed E-state index contributed by atoms with van der Waals surface area (Å²) in [5, 5.41) is 7.49. The molecule has 7 heteroatoms. The van der Waals surface area contributed by atoms with E-state index in [1.54, 1.807) is 0 Å². The van der Waals surface area contributed by atoms with E-state index in [-0.39, 0.29) is 6.03 Å². The fourth-order valence-electron chi connectivity index (χ4n) is 3.54. The molecule has 0 atom stereocenters. The largest absolute Gasteiger partial charge is 0.379 e. The van der Waals surface area contributed by atoms with Crippen molar-refractivity contribution in [1.29, 1.82) is 0 Å². The van der Waals surface area contributed by atoms with Crippen molar-refractivity contribution in [2.75, 3.05) is 38.2 Å². The molecule has 0 saturated carbocycles. The summed E-state index contributed by atoms with van der Waals surface area (Å²) in [4.78, 5) is 14.7. The number of rotatable bonds is 6. The summed E-state index contributed by atoms with van der Waals surface area (Å²) in [6.45, 7) is 5.96. The zero-order valence-corrected chi connectivity index (χ0v) is 17.0. The summed E-state index contributed by atoms with van der Waals surface area (Å²) in [6.07, 6.45) is 2.10. The lowest BCUT2D eigenvalue weighted by molar-refractivity contribution is 0.0365. The number of urea groups is 1. The highest BCUT2D eigenvalue weighted by Crippen LogP contribution is 2.21. The lowest BCUT2D eigenvalue weighted by Crippen LogP contribution is -2.38. The molecule has 1 saturated heterocycles. The summed E-state index contributed by atoms with van der Waals surface area (Å²) in [5.74, 6) is 0. The van der Waals surface area contributed by atoms with Gasteiger partial charge >= 0.3 is 6.03 Å². The van der Waals surface area contributed by atoms with Crippen LogP contribution in [0.1, 0.15) is 5.56 Å². The van der Waals surface area contributed by atoms with Gasteiger partial charge in [-0.3, -0.25) is 4.90 Å². The molecule has 0 spiro atoms. The summed E-state index contributed by atoms with van der Waals surface area (Å²) in [6, 6.07) is 15.3. The quantitative estimate of drug-likeness (QED) is 0.644. The first kappa shape index (κ1) is 19.8. The minimum absolute atomic E-state index is 0.254. The molecule has 4 rings (SSSR count). The molecule has 1 aliphatic heterocycles. The van der Waals surface area contributed by atoms with Crippen LogP contribution in [0, 0.1) is 0 Å². The van der Waals surface area contributed by atoms with Crippen LogP contribution in [0.5, 0.6) is 0 Å². The van der Waals surface area contributed by atoms with Crippen LogP contribution in [0.25, 0.3) is 10.9 Å². The molecule has 152 valence electrons. The number of morpholine rings is 1. The topological polar surface area (TPSA) is 58.5 Å². The molecule has 0 aliphatic carbocycles. The number of aromatic nitrogens is 1. The van der Waals surface area contributed by atoms with Gasteiger partial charge in [-0.05, 0) is 35.9 Å². The minimum Gasteiger partial charge on any atom is -0.379 e. The van der Waals surface area contributed by atoms with Crippen LogP contribution in [0.4, 0.5) is 10.5 Å². The van der Waals surface area contributed by atoms with E-state index in [0.29, 0.717) is 11.6 Å². The molecule has 2 aromatic carbocycles. The zero-order valence-electron chi connectivity index (χ0n) is 16.2. The summed E-state index contributed by atoms with van der Waals surface area (Å²) in [7, 11) is 0. The summed E-state index contributed by atoms with van der Waals surface area (Å²) >= 11 is 6.13. The average Bonchev–Trinajstić information content (AvgIpc) is 3.14. The predicted octanol–water partition coefficient (Wildman–Crippen LogP) is 3.95. The van der Waals surface area contributed by atoms with Gasteiger partial charge in [0.05, 0.1) is 13.2 Å². The highest BCUT2D eigenvalue weighted by atomic mass is 35.5. The second kappa shape index (κ2) is 9.31. The number of carbonyl (C=O) groups is 1. The summed E-state index contributed by atoms with van der Waals surface area (Å²) in [5.41, 5.74) is 2.82. The Labute approximate surface area is 175 Å². The molecule has 0 radical (unpaired) electrons. The molecule has 0 bridgehead atoms. The highest BCUT2D eigenvalue weighted by Gasteiger charge is 2.11. The monoisotopic (exact) mass is 412 g/mol. The number of nitrogens with one attached hydrogen (secondary N) is 2. The van der Waals surface area contributed by atoms with Crippen LogP contribution in [0.3, 0.4) is 0 Å². The van der Waals surface area contributed by atoms with Gasteiger partial charge in [0, 0.05) is 60.5 Å². The second-order valence-corrected chi connectivity index (χ2v) is 7.54. The third-order valence-corrected chi connectivity index (χ3v) is 5.56. The van der Waals surface area contributed by atoms with Crippen molar-refractivity contribution in [2.45, 2.75) is 13.1 Å². The number of fused-ring (bicyclic) bond motifs is 1. The number of benzene rings is 2. The Morgan fingerprint density at radius 1 is 1.07 bits per heavy atom. The molecule has 1 aliphatic rings. The van der Waals surface area contributed by atoms with Crippen LogP contribution in [0.2, 0.25) is 5.02 Å². The lowest BCUT2D eigenvalue weighted by Gasteiger charge is -2.26. The smallest absolute Gasteiger partial charge is 0.319 e. The van der Waals surface area contributed by atoms with Gasteiger partial charge in [-0.2, -0.15) is 0 Å². The molecule has 0 unspecified atom stereocenters. The predicted molar refractivity (Wildman–Crippen MR) is 117 cm³/mol. The fraction of sp³-hybridized carbons (Fsp3) is 0.318. The van der Waals surface area contributed by atoms with Crippen molar-refractivity contribution in [3.8, 4) is 0 Å². The van der Waals surface area contributed by atoms with Crippen LogP contribution >= 0.6 is 11.6 Å². The summed E-state index contributed by atoms with van der Waals surface area (Å²) < 4.78 is 7.66. The number of anilines is 1. The van der Waals surface area contributed by atoms with Crippen molar-refractivity contribution in [3.63, 3.8) is 0 Å². The molecule has 1 aromatic heterocycles. The lowest BCUT2D eigenvalue weighted by atomic mass is 10.2. The molecule has 2 amide bonds. The maximum absolute atomic E-state index is 12.2. The van der Waals surface area contributed by atoms with Crippen molar-refractivity contribution < 1.29 is 9.53 Å². The zero-order chi connectivity index (χ0) is 20.1. The van der Waals surface area contributed by atoms with E-state index in [1.165, 1.54) is 5.52 Å². The van der Waals surface area contributed by atoms with Gasteiger partial charge in [0.15, 0.2) is 0 Å². The number of halogens is 1. The van der Waals surface area contributed by atoms with Crippen LogP contribution in [-0.4, -0.2) is 48.3 Å². The standard InChI is InChI=1S/C22H25ClN4O2/c23-20-4-2-1-3-18(20)16-24-22(28)25-19-5-6-21-17(15-19)7-8-27(21)10-9-26-11-13-29-14-12-26/h1-8,15H,9-14,16H2,(H2,24,25,28). The molecule has 1 fully saturated rings. The molecule has 3 aromatic rings. The number of nitrogens with zero attached hydrogens (tertiary/aromatic N) is 2. The third-order valence-electron chi connectivity index (χ3n) is 5.19. The number of ether oxygens (including phenoxy) is 1. The molecule has 29 heavy (non-hydrogen) atoms. The van der Waals surface area contributed by atoms with Crippen molar-refractivity contribution >= 4 is 34.2 Å². The number of carbonyl (C=O) groups excluding carboxylic acids is 1. The van der Waals surface area contributed by atoms with Gasteiger partial charge in [0.1, 0.15) is 0 Å². The Balaban J connectivity index is 1.34. The van der Waals surface area contributed by atoms with Crippen LogP contribution < -0.4 is 10.6 Å². The van der Waals surface area contributed by atoms with Crippen LogP contribution in [-0.2, 0) is 17.8 Å². The molecular formula is C22H25ClN4O2. The minimum atomic E-state index is -0.254. The SMILES string of the molecule is O=C(NCc1ccccc1Cl)Nc1ccc2c(ccn2CCN2CCOCC2)c1. The Hall–Kier alpha value is -2.54. The Bertz CT molecular complexity index is 982. The van der Waals surface area contributed by atoms with E-state index in [9.17, 15) is 4.79 Å². The third kappa shape index (κ3) is 5.09. The van der Waals surface area contributed by atoms with Crippen molar-refractivity contribution in [3.05, 3.63) is 65.3 Å². The molecule has 2 N–H and O–H groups in total. The first-order valence-corrected chi connectivity index (χ1v) is 10.2. The maximum Gasteiger partial charge on any atom is 0.319 e. The van der Waals surface area contributed by atoms with Crippen LogP contribution in [0.15, 0.2) is 54.7 Å². The van der Waals surface area contributed by atoms with E-state index in [4.69, 9.17) is 16.3 Å². The first-order chi connectivity index (χ1) is 14.2. The maximum atomic E-state index is 12.2. The van der Waals surface area contributed by atoms with Crippen molar-refractivity contribution in [2.24, 2.45) is 0 Å². The number of hydrogen-bond donors (Lipinski definition) is 2. The average molecular weight is 413 g/mol. The van der Waals surface area contributed by atoms with E-state index in [2.05, 4.69) is 38.4 Å². The Morgan fingerprint density at radius 2 is 1.90 bits per heavy atom. The molecule has 2 heterocycles. The number of amides is 2. The van der Waals surface area contributed by atoms with E-state index in [1.807, 2.05) is 36.4 Å².